The van der Waals surface area contributed by atoms with E-state index in [1.54, 1.807) is 0 Å². The zero-order valence-corrected chi connectivity index (χ0v) is 9.68. The minimum Gasteiger partial charge on any atom is -0.335 e. The molecule has 0 aliphatic rings. The number of aromatic amines is 1. The topological polar surface area (TPSA) is 66.1 Å². The summed E-state index contributed by atoms with van der Waals surface area (Å²) < 4.78 is 48.6. The zero-order valence-electron chi connectivity index (χ0n) is 8.11. The maximum Gasteiger partial charge on any atom is 0.260 e. The fourth-order valence-electron chi connectivity index (χ4n) is 1.08. The van der Waals surface area contributed by atoms with Gasteiger partial charge in [0.05, 0.1) is 19.1 Å². The van der Waals surface area contributed by atoms with Crippen molar-refractivity contribution in [1.82, 2.24) is 14.3 Å². The summed E-state index contributed by atoms with van der Waals surface area (Å²) in [6, 6.07) is 0. The fraction of sp³-hybridized carbons (Fsp3) is 0.571. The number of aromatic nitrogens is 2. The number of H-pyrrole nitrogens is 1. The van der Waals surface area contributed by atoms with Crippen LogP contribution in [0.3, 0.4) is 0 Å². The van der Waals surface area contributed by atoms with Crippen molar-refractivity contribution in [2.45, 2.75) is 11.5 Å². The first-order valence-electron chi connectivity index (χ1n) is 4.31. The van der Waals surface area contributed by atoms with E-state index >= 15 is 0 Å². The van der Waals surface area contributed by atoms with E-state index in [4.69, 9.17) is 11.6 Å². The molecule has 0 bridgehead atoms. The van der Waals surface area contributed by atoms with E-state index in [1.807, 2.05) is 0 Å². The lowest BCUT2D eigenvalue weighted by Crippen LogP contribution is -2.36. The average molecular weight is 274 g/mol. The van der Waals surface area contributed by atoms with Gasteiger partial charge in [-0.2, -0.15) is 4.31 Å². The molecule has 0 aliphatic heterocycles. The second kappa shape index (κ2) is 5.55. The lowest BCUT2D eigenvalue weighted by Gasteiger charge is -2.19. The van der Waals surface area contributed by atoms with Crippen LogP contribution in [0.1, 0.15) is 0 Å². The highest BCUT2D eigenvalue weighted by molar-refractivity contribution is 7.89. The smallest absolute Gasteiger partial charge is 0.260 e. The van der Waals surface area contributed by atoms with E-state index in [0.717, 1.165) is 12.5 Å². The molecule has 1 rings (SSSR count). The van der Waals surface area contributed by atoms with Gasteiger partial charge in [0.25, 0.3) is 16.4 Å². The van der Waals surface area contributed by atoms with E-state index in [-0.39, 0.29) is 17.5 Å². The third-order valence-electron chi connectivity index (χ3n) is 1.77. The largest absolute Gasteiger partial charge is 0.335 e. The summed E-state index contributed by atoms with van der Waals surface area (Å²) in [4.78, 5) is 5.89. The van der Waals surface area contributed by atoms with Crippen molar-refractivity contribution < 1.29 is 17.2 Å². The van der Waals surface area contributed by atoms with Crippen molar-refractivity contribution in [3.63, 3.8) is 0 Å². The van der Waals surface area contributed by atoms with Crippen LogP contribution < -0.4 is 0 Å². The van der Waals surface area contributed by atoms with Crippen LogP contribution in [0.5, 0.6) is 0 Å². The predicted molar refractivity (Wildman–Crippen MR) is 54.1 cm³/mol. The Bertz CT molecular complexity index is 409. The lowest BCUT2D eigenvalue weighted by molar-refractivity contribution is 0.121. The molecule has 0 saturated heterocycles. The van der Waals surface area contributed by atoms with Crippen molar-refractivity contribution in [1.29, 1.82) is 0 Å². The maximum absolute atomic E-state index is 12.2. The van der Waals surface area contributed by atoms with Crippen LogP contribution >= 0.6 is 11.6 Å². The van der Waals surface area contributed by atoms with Gasteiger partial charge in [-0.1, -0.05) is 0 Å². The lowest BCUT2D eigenvalue weighted by atomic mass is 10.6. The van der Waals surface area contributed by atoms with Gasteiger partial charge in [-0.05, 0) is 0 Å². The summed E-state index contributed by atoms with van der Waals surface area (Å²) in [6.45, 7) is -1.05. The first-order chi connectivity index (χ1) is 7.48. The fourth-order valence-corrected chi connectivity index (χ4v) is 2.70. The number of imidazole rings is 1. The molecule has 9 heteroatoms. The van der Waals surface area contributed by atoms with E-state index in [0.29, 0.717) is 4.31 Å². The molecule has 1 heterocycles. The van der Waals surface area contributed by atoms with E-state index in [9.17, 15) is 17.2 Å². The number of rotatable bonds is 6. The predicted octanol–water partition coefficient (Wildman–Crippen LogP) is 0.904. The number of nitrogens with zero attached hydrogens (tertiary/aromatic N) is 2. The molecule has 92 valence electrons. The molecule has 0 radical (unpaired) electrons. The third-order valence-corrected chi connectivity index (χ3v) is 3.73. The van der Waals surface area contributed by atoms with E-state index in [1.165, 1.54) is 0 Å². The second-order valence-corrected chi connectivity index (χ2v) is 5.14. The highest BCUT2D eigenvalue weighted by atomic mass is 35.5. The summed E-state index contributed by atoms with van der Waals surface area (Å²) in [5.74, 6) is -0.0555. The molecule has 0 aliphatic carbocycles. The third kappa shape index (κ3) is 3.13. The first kappa shape index (κ1) is 13.3. The van der Waals surface area contributed by atoms with Crippen LogP contribution in [0, 0.1) is 0 Å². The minimum atomic E-state index is -3.96. The molecule has 0 saturated carbocycles. The molecule has 0 amide bonds. The summed E-state index contributed by atoms with van der Waals surface area (Å²) in [5.41, 5.74) is 0. The minimum absolute atomic E-state index is 0.0555. The Morgan fingerprint density at radius 1 is 1.56 bits per heavy atom. The standard InChI is InChI=1S/C7H10ClF2N3O2S/c8-1-2-13(4-6(9)10)16(14,15)7-3-11-5-12-7/h3,5-6H,1-2,4H2,(H,11,12). The summed E-state index contributed by atoms with van der Waals surface area (Å²) in [6.07, 6.45) is -0.531. The Morgan fingerprint density at radius 2 is 2.25 bits per heavy atom. The molecule has 0 unspecified atom stereocenters. The van der Waals surface area contributed by atoms with Gasteiger partial charge in [-0.15, -0.1) is 11.6 Å². The zero-order chi connectivity index (χ0) is 12.2. The van der Waals surface area contributed by atoms with Gasteiger partial charge in [-0.3, -0.25) is 0 Å². The maximum atomic E-state index is 12.2. The Balaban J connectivity index is 2.93. The molecule has 5 nitrogen and oxygen atoms in total. The number of hydrogen-bond acceptors (Lipinski definition) is 3. The van der Waals surface area contributed by atoms with Crippen molar-refractivity contribution in [3.8, 4) is 0 Å². The van der Waals surface area contributed by atoms with Gasteiger partial charge in [-0.25, -0.2) is 22.2 Å². The molecular weight excluding hydrogens is 264 g/mol. The van der Waals surface area contributed by atoms with Crippen LogP contribution in [0.15, 0.2) is 17.6 Å². The number of hydrogen-bond donors (Lipinski definition) is 1. The van der Waals surface area contributed by atoms with Gasteiger partial charge in [0.15, 0.2) is 5.03 Å². The molecule has 1 aromatic rings. The Labute approximate surface area is 96.5 Å². The van der Waals surface area contributed by atoms with Crippen LogP contribution in [-0.4, -0.2) is 48.1 Å². The van der Waals surface area contributed by atoms with Crippen LogP contribution in [0.2, 0.25) is 0 Å². The van der Waals surface area contributed by atoms with Crippen molar-refractivity contribution in [3.05, 3.63) is 12.5 Å². The average Bonchev–Trinajstić information content (AvgIpc) is 2.69. The Kier molecular flexibility index (Phi) is 4.63. The quantitative estimate of drug-likeness (QED) is 0.784. The van der Waals surface area contributed by atoms with Gasteiger partial charge < -0.3 is 4.98 Å². The second-order valence-electron chi connectivity index (χ2n) is 2.86. The van der Waals surface area contributed by atoms with Gasteiger partial charge in [0.2, 0.25) is 0 Å². The van der Waals surface area contributed by atoms with Gasteiger partial charge >= 0.3 is 0 Å². The molecule has 0 atom stereocenters. The first-order valence-corrected chi connectivity index (χ1v) is 6.28. The van der Waals surface area contributed by atoms with Crippen LogP contribution in [0.4, 0.5) is 8.78 Å². The monoisotopic (exact) mass is 273 g/mol. The van der Waals surface area contributed by atoms with Gasteiger partial charge in [0.1, 0.15) is 0 Å². The molecule has 1 N–H and O–H groups in total. The van der Waals surface area contributed by atoms with E-state index in [2.05, 4.69) is 9.97 Å². The van der Waals surface area contributed by atoms with Gasteiger partial charge in [0, 0.05) is 12.4 Å². The normalized spacial score (nSPS) is 12.6. The molecule has 1 aromatic heterocycles. The molecule has 0 fully saturated rings. The highest BCUT2D eigenvalue weighted by Gasteiger charge is 2.27. The van der Waals surface area contributed by atoms with Crippen molar-refractivity contribution in [2.24, 2.45) is 0 Å². The van der Waals surface area contributed by atoms with Crippen LogP contribution in [-0.2, 0) is 10.0 Å². The molecular formula is C7H10ClF2N3O2S. The molecule has 16 heavy (non-hydrogen) atoms. The molecule has 0 aromatic carbocycles. The van der Waals surface area contributed by atoms with Crippen molar-refractivity contribution >= 4 is 21.6 Å². The van der Waals surface area contributed by atoms with Crippen LogP contribution in [0.25, 0.3) is 0 Å². The SMILES string of the molecule is O=S(=O)(c1cnc[nH]1)N(CCCl)CC(F)F. The molecule has 0 spiro atoms. The number of halogens is 3. The number of sulfonamides is 1. The Morgan fingerprint density at radius 3 is 2.69 bits per heavy atom. The summed E-state index contributed by atoms with van der Waals surface area (Å²) in [5, 5.41) is -0.224. The number of nitrogens with one attached hydrogen (secondary N) is 1. The van der Waals surface area contributed by atoms with E-state index < -0.39 is 23.0 Å². The number of alkyl halides is 3. The summed E-state index contributed by atoms with van der Waals surface area (Å²) in [7, 11) is -3.96. The Hall–Kier alpha value is -0.730. The highest BCUT2D eigenvalue weighted by Crippen LogP contribution is 2.13. The summed E-state index contributed by atoms with van der Waals surface area (Å²) >= 11 is 5.37. The van der Waals surface area contributed by atoms with Crippen molar-refractivity contribution in [2.75, 3.05) is 19.0 Å².